The monoisotopic (exact) mass is 275 g/mol. The molecular weight excluding hydrogens is 254 g/mol. The van der Waals surface area contributed by atoms with Crippen LogP contribution in [0.15, 0.2) is 0 Å². The van der Waals surface area contributed by atoms with Crippen LogP contribution in [0.2, 0.25) is 0 Å². The average molecular weight is 275 g/mol. The van der Waals surface area contributed by atoms with Gasteiger partial charge in [-0.2, -0.15) is 0 Å². The van der Waals surface area contributed by atoms with E-state index in [1.54, 1.807) is 0 Å². The van der Waals surface area contributed by atoms with Crippen molar-refractivity contribution in [3.8, 4) is 0 Å². The van der Waals surface area contributed by atoms with Crippen LogP contribution in [-0.4, -0.2) is 47.8 Å². The summed E-state index contributed by atoms with van der Waals surface area (Å²) in [5.74, 6) is -2.84. The van der Waals surface area contributed by atoms with E-state index in [2.05, 4.69) is 10.1 Å². The number of hydrogen-bond donors (Lipinski definition) is 3. The molecule has 7 heteroatoms. The number of carboxylic acids is 1. The number of carboxylic acid groups (broad SMARTS) is 1. The molecule has 0 aliphatic heterocycles. The number of aliphatic carboxylic acids is 1. The van der Waals surface area contributed by atoms with Crippen LogP contribution in [0.25, 0.3) is 0 Å². The lowest BCUT2D eigenvalue weighted by molar-refractivity contribution is -0.148. The minimum atomic E-state index is -1.36. The molecule has 0 saturated heterocycles. The Labute approximate surface area is 111 Å². The number of carbonyl (C=O) groups excluding carboxylic acids is 2. The maximum Gasteiger partial charge on any atom is 0.328 e. The average Bonchev–Trinajstić information content (AvgIpc) is 2.33. The number of ether oxygens (including phenoxy) is 1. The molecular formula is C12H21NO6. The van der Waals surface area contributed by atoms with Crippen molar-refractivity contribution in [2.45, 2.75) is 32.7 Å². The summed E-state index contributed by atoms with van der Waals surface area (Å²) >= 11 is 0. The van der Waals surface area contributed by atoms with Crippen LogP contribution in [0.1, 0.15) is 26.7 Å². The lowest BCUT2D eigenvalue weighted by Gasteiger charge is -2.18. The van der Waals surface area contributed by atoms with Gasteiger partial charge in [0.15, 0.2) is 0 Å². The molecule has 0 rings (SSSR count). The zero-order valence-corrected chi connectivity index (χ0v) is 11.4. The summed E-state index contributed by atoms with van der Waals surface area (Å²) in [6, 6.07) is -1.36. The van der Waals surface area contributed by atoms with E-state index in [-0.39, 0.29) is 12.3 Å². The van der Waals surface area contributed by atoms with Gasteiger partial charge in [-0.05, 0) is 12.3 Å². The zero-order valence-electron chi connectivity index (χ0n) is 11.4. The van der Waals surface area contributed by atoms with E-state index in [0.717, 1.165) is 0 Å². The summed E-state index contributed by atoms with van der Waals surface area (Å²) in [6.45, 7) is 3.11. The van der Waals surface area contributed by atoms with E-state index in [0.29, 0.717) is 6.42 Å². The Hall–Kier alpha value is -1.63. The molecule has 110 valence electrons. The molecule has 7 nitrogen and oxygen atoms in total. The summed E-state index contributed by atoms with van der Waals surface area (Å²) in [6.07, 6.45) is 0.311. The molecule has 1 amide bonds. The third-order valence-electron chi connectivity index (χ3n) is 2.54. The molecule has 0 radical (unpaired) electrons. The molecule has 0 aliphatic rings. The highest BCUT2D eigenvalue weighted by Gasteiger charge is 2.26. The number of nitrogens with one attached hydrogen (secondary N) is 1. The SMILES string of the molecule is COC(=O)[C@H](CC(=O)NC(CO)C(=O)O)CC(C)C. The molecule has 19 heavy (non-hydrogen) atoms. The molecule has 0 aliphatic carbocycles. The number of rotatable bonds is 8. The Morgan fingerprint density at radius 3 is 2.21 bits per heavy atom. The van der Waals surface area contributed by atoms with Crippen LogP contribution >= 0.6 is 0 Å². The first kappa shape index (κ1) is 17.4. The minimum absolute atomic E-state index is 0.158. The first-order chi connectivity index (χ1) is 8.81. The highest BCUT2D eigenvalue weighted by molar-refractivity contribution is 5.86. The van der Waals surface area contributed by atoms with Crippen molar-refractivity contribution >= 4 is 17.8 Å². The van der Waals surface area contributed by atoms with Gasteiger partial charge in [-0.3, -0.25) is 9.59 Å². The summed E-state index contributed by atoms with van der Waals surface area (Å²) in [4.78, 5) is 33.8. The third-order valence-corrected chi connectivity index (χ3v) is 2.54. The van der Waals surface area contributed by atoms with Crippen molar-refractivity contribution in [2.75, 3.05) is 13.7 Å². The van der Waals surface area contributed by atoms with Gasteiger partial charge in [-0.15, -0.1) is 0 Å². The smallest absolute Gasteiger partial charge is 0.328 e. The normalized spacial score (nSPS) is 13.7. The third kappa shape index (κ3) is 6.76. The van der Waals surface area contributed by atoms with Gasteiger partial charge in [0.1, 0.15) is 6.04 Å². The van der Waals surface area contributed by atoms with Gasteiger partial charge in [0, 0.05) is 6.42 Å². The summed E-state index contributed by atoms with van der Waals surface area (Å²) < 4.78 is 4.61. The molecule has 0 bridgehead atoms. The fraction of sp³-hybridized carbons (Fsp3) is 0.750. The van der Waals surface area contributed by atoms with Crippen LogP contribution in [0.3, 0.4) is 0 Å². The van der Waals surface area contributed by atoms with Crippen molar-refractivity contribution in [1.29, 1.82) is 0 Å². The van der Waals surface area contributed by atoms with E-state index in [9.17, 15) is 14.4 Å². The maximum absolute atomic E-state index is 11.6. The van der Waals surface area contributed by atoms with Crippen LogP contribution in [0.4, 0.5) is 0 Å². The van der Waals surface area contributed by atoms with E-state index in [1.807, 2.05) is 13.8 Å². The number of methoxy groups -OCH3 is 1. The Kier molecular flexibility index (Phi) is 7.74. The first-order valence-electron chi connectivity index (χ1n) is 6.02. The van der Waals surface area contributed by atoms with Crippen molar-refractivity contribution in [1.82, 2.24) is 5.32 Å². The number of carbonyl (C=O) groups is 3. The summed E-state index contributed by atoms with van der Waals surface area (Å²) in [7, 11) is 1.24. The lowest BCUT2D eigenvalue weighted by Crippen LogP contribution is -2.44. The van der Waals surface area contributed by atoms with Crippen LogP contribution in [0.5, 0.6) is 0 Å². The zero-order chi connectivity index (χ0) is 15.0. The van der Waals surface area contributed by atoms with Gasteiger partial charge >= 0.3 is 11.9 Å². The molecule has 0 aromatic rings. The molecule has 0 saturated carbocycles. The Morgan fingerprint density at radius 2 is 1.84 bits per heavy atom. The standard InChI is InChI=1S/C12H21NO6/c1-7(2)4-8(12(18)19-3)5-10(15)13-9(6-14)11(16)17/h7-9,14H,4-6H2,1-3H3,(H,13,15)(H,16,17)/t8-,9?/m0/s1. The van der Waals surface area contributed by atoms with E-state index in [4.69, 9.17) is 10.2 Å². The number of esters is 1. The van der Waals surface area contributed by atoms with E-state index < -0.39 is 36.4 Å². The Balaban J connectivity index is 4.53. The maximum atomic E-state index is 11.6. The van der Waals surface area contributed by atoms with Gasteiger partial charge in [-0.1, -0.05) is 13.8 Å². The Bertz CT molecular complexity index is 328. The van der Waals surface area contributed by atoms with Crippen LogP contribution in [0, 0.1) is 11.8 Å². The number of aliphatic hydroxyl groups is 1. The second-order valence-corrected chi connectivity index (χ2v) is 4.69. The largest absolute Gasteiger partial charge is 0.480 e. The van der Waals surface area contributed by atoms with E-state index in [1.165, 1.54) is 7.11 Å². The van der Waals surface area contributed by atoms with E-state index >= 15 is 0 Å². The van der Waals surface area contributed by atoms with Crippen molar-refractivity contribution in [3.05, 3.63) is 0 Å². The molecule has 1 unspecified atom stereocenters. The Morgan fingerprint density at radius 1 is 1.26 bits per heavy atom. The molecule has 0 aromatic carbocycles. The lowest BCUT2D eigenvalue weighted by atomic mass is 9.94. The minimum Gasteiger partial charge on any atom is -0.480 e. The van der Waals surface area contributed by atoms with Crippen molar-refractivity contribution in [3.63, 3.8) is 0 Å². The predicted octanol–water partition coefficient (Wildman–Crippen LogP) is -0.226. The molecule has 0 spiro atoms. The topological polar surface area (TPSA) is 113 Å². The molecule has 0 heterocycles. The molecule has 0 aromatic heterocycles. The highest BCUT2D eigenvalue weighted by Crippen LogP contribution is 2.17. The second-order valence-electron chi connectivity index (χ2n) is 4.69. The highest BCUT2D eigenvalue weighted by atomic mass is 16.5. The summed E-state index contributed by atoms with van der Waals surface area (Å²) in [5, 5.41) is 19.6. The molecule has 3 N–H and O–H groups in total. The number of hydrogen-bond acceptors (Lipinski definition) is 5. The summed E-state index contributed by atoms with van der Waals surface area (Å²) in [5.41, 5.74) is 0. The number of amides is 1. The number of aliphatic hydroxyl groups excluding tert-OH is 1. The molecule has 2 atom stereocenters. The van der Waals surface area contributed by atoms with Gasteiger partial charge in [0.05, 0.1) is 19.6 Å². The van der Waals surface area contributed by atoms with Gasteiger partial charge in [0.25, 0.3) is 0 Å². The second kappa shape index (κ2) is 8.47. The van der Waals surface area contributed by atoms with Gasteiger partial charge < -0.3 is 20.3 Å². The predicted molar refractivity (Wildman–Crippen MR) is 66.2 cm³/mol. The van der Waals surface area contributed by atoms with Crippen molar-refractivity contribution in [2.24, 2.45) is 11.8 Å². The fourth-order valence-corrected chi connectivity index (χ4v) is 1.66. The fourth-order valence-electron chi connectivity index (χ4n) is 1.66. The first-order valence-corrected chi connectivity index (χ1v) is 6.02. The van der Waals surface area contributed by atoms with Gasteiger partial charge in [0.2, 0.25) is 5.91 Å². The quantitative estimate of drug-likeness (QED) is 0.527. The molecule has 0 fully saturated rings. The van der Waals surface area contributed by atoms with Gasteiger partial charge in [-0.25, -0.2) is 4.79 Å². The van der Waals surface area contributed by atoms with Crippen molar-refractivity contribution < 1.29 is 29.3 Å². The van der Waals surface area contributed by atoms with Crippen LogP contribution in [-0.2, 0) is 19.1 Å². The van der Waals surface area contributed by atoms with Crippen LogP contribution < -0.4 is 5.32 Å².